The van der Waals surface area contributed by atoms with Crippen molar-refractivity contribution >= 4 is 15.9 Å². The third-order valence-electron chi connectivity index (χ3n) is 2.38. The van der Waals surface area contributed by atoms with E-state index in [0.717, 1.165) is 16.6 Å². The van der Waals surface area contributed by atoms with Crippen molar-refractivity contribution in [2.75, 3.05) is 25.2 Å². The van der Waals surface area contributed by atoms with Gasteiger partial charge in [0, 0.05) is 10.9 Å². The van der Waals surface area contributed by atoms with E-state index in [2.05, 4.69) is 15.9 Å². The Bertz CT molecular complexity index is 355. The van der Waals surface area contributed by atoms with E-state index in [0.29, 0.717) is 19.8 Å². The van der Waals surface area contributed by atoms with Gasteiger partial charge in [0.15, 0.2) is 6.29 Å². The normalized spacial score (nSPS) is 16.8. The highest BCUT2D eigenvalue weighted by Gasteiger charge is 2.17. The number of ether oxygens (including phenoxy) is 3. The molecule has 1 aliphatic rings. The molecule has 2 rings (SSSR count). The lowest BCUT2D eigenvalue weighted by Crippen LogP contribution is -1.98. The maximum atomic E-state index is 5.54. The molecule has 0 spiro atoms. The van der Waals surface area contributed by atoms with Gasteiger partial charge in [-0.05, 0) is 12.1 Å². The standard InChI is InChI=1S/C13H15BrO3/c14-7-1-2-8-15-12-5-3-11(4-6-12)13-16-9-10-17-13/h1-6,13H,7-10H2/b2-1+. The highest BCUT2D eigenvalue weighted by molar-refractivity contribution is 9.09. The molecule has 0 radical (unpaired) electrons. The molecule has 92 valence electrons. The lowest BCUT2D eigenvalue weighted by molar-refractivity contribution is -0.0441. The van der Waals surface area contributed by atoms with Crippen LogP contribution in [0.2, 0.25) is 0 Å². The number of alkyl halides is 1. The Balaban J connectivity index is 1.86. The van der Waals surface area contributed by atoms with Crippen LogP contribution >= 0.6 is 15.9 Å². The summed E-state index contributed by atoms with van der Waals surface area (Å²) in [6.07, 6.45) is 3.78. The number of hydrogen-bond donors (Lipinski definition) is 0. The highest BCUT2D eigenvalue weighted by atomic mass is 79.9. The van der Waals surface area contributed by atoms with Gasteiger partial charge in [0.2, 0.25) is 0 Å². The molecule has 0 saturated carbocycles. The Morgan fingerprint density at radius 2 is 1.88 bits per heavy atom. The maximum Gasteiger partial charge on any atom is 0.184 e. The number of allylic oxidation sites excluding steroid dienone is 1. The lowest BCUT2D eigenvalue weighted by atomic mass is 10.2. The van der Waals surface area contributed by atoms with Gasteiger partial charge in [0.05, 0.1) is 13.2 Å². The lowest BCUT2D eigenvalue weighted by Gasteiger charge is -2.10. The minimum Gasteiger partial charge on any atom is -0.490 e. The number of benzene rings is 1. The summed E-state index contributed by atoms with van der Waals surface area (Å²) in [5, 5.41) is 0.853. The van der Waals surface area contributed by atoms with Crippen molar-refractivity contribution in [1.29, 1.82) is 0 Å². The largest absolute Gasteiger partial charge is 0.490 e. The van der Waals surface area contributed by atoms with Crippen molar-refractivity contribution in [3.63, 3.8) is 0 Å². The molecule has 0 aliphatic carbocycles. The van der Waals surface area contributed by atoms with Gasteiger partial charge in [-0.2, -0.15) is 0 Å². The zero-order chi connectivity index (χ0) is 11.9. The fraction of sp³-hybridized carbons (Fsp3) is 0.385. The van der Waals surface area contributed by atoms with Gasteiger partial charge < -0.3 is 14.2 Å². The molecule has 0 N–H and O–H groups in total. The Hall–Kier alpha value is -0.840. The quantitative estimate of drug-likeness (QED) is 0.618. The van der Waals surface area contributed by atoms with Crippen molar-refractivity contribution in [3.05, 3.63) is 42.0 Å². The Morgan fingerprint density at radius 3 is 2.53 bits per heavy atom. The van der Waals surface area contributed by atoms with Crippen molar-refractivity contribution in [1.82, 2.24) is 0 Å². The topological polar surface area (TPSA) is 27.7 Å². The van der Waals surface area contributed by atoms with Gasteiger partial charge >= 0.3 is 0 Å². The molecule has 1 aromatic rings. The van der Waals surface area contributed by atoms with Crippen LogP contribution in [0.25, 0.3) is 0 Å². The maximum absolute atomic E-state index is 5.54. The van der Waals surface area contributed by atoms with Crippen LogP contribution < -0.4 is 4.74 Å². The number of hydrogen-bond acceptors (Lipinski definition) is 3. The molecule has 4 heteroatoms. The minimum absolute atomic E-state index is 0.211. The molecule has 1 saturated heterocycles. The van der Waals surface area contributed by atoms with Crippen LogP contribution in [0.15, 0.2) is 36.4 Å². The second kappa shape index (κ2) is 6.79. The fourth-order valence-electron chi connectivity index (χ4n) is 1.55. The summed E-state index contributed by atoms with van der Waals surface area (Å²) < 4.78 is 16.4. The van der Waals surface area contributed by atoms with Crippen LogP contribution in [0, 0.1) is 0 Å². The number of rotatable bonds is 5. The minimum atomic E-state index is -0.211. The van der Waals surface area contributed by atoms with E-state index in [4.69, 9.17) is 14.2 Å². The van der Waals surface area contributed by atoms with E-state index < -0.39 is 0 Å². The van der Waals surface area contributed by atoms with E-state index in [9.17, 15) is 0 Å². The van der Waals surface area contributed by atoms with Crippen LogP contribution in [0.5, 0.6) is 5.75 Å². The molecule has 1 aliphatic heterocycles. The van der Waals surface area contributed by atoms with Crippen molar-refractivity contribution < 1.29 is 14.2 Å². The van der Waals surface area contributed by atoms with Crippen LogP contribution in [0.4, 0.5) is 0 Å². The second-order valence-electron chi connectivity index (χ2n) is 3.58. The zero-order valence-electron chi connectivity index (χ0n) is 9.47. The van der Waals surface area contributed by atoms with Crippen LogP contribution in [0.1, 0.15) is 11.9 Å². The smallest absolute Gasteiger partial charge is 0.184 e. The summed E-state index contributed by atoms with van der Waals surface area (Å²) in [5.74, 6) is 0.853. The molecular formula is C13H15BrO3. The molecule has 17 heavy (non-hydrogen) atoms. The average Bonchev–Trinajstić information content (AvgIpc) is 2.89. The van der Waals surface area contributed by atoms with Crippen LogP contribution in [-0.4, -0.2) is 25.2 Å². The summed E-state index contributed by atoms with van der Waals surface area (Å²) in [6, 6.07) is 7.81. The average molecular weight is 299 g/mol. The summed E-state index contributed by atoms with van der Waals surface area (Å²) in [6.45, 7) is 1.92. The van der Waals surface area contributed by atoms with Gasteiger partial charge in [-0.1, -0.05) is 40.2 Å². The predicted molar refractivity (Wildman–Crippen MR) is 69.5 cm³/mol. The Labute approximate surface area is 109 Å². The molecule has 0 atom stereocenters. The highest BCUT2D eigenvalue weighted by Crippen LogP contribution is 2.24. The van der Waals surface area contributed by atoms with Gasteiger partial charge in [0.1, 0.15) is 12.4 Å². The summed E-state index contributed by atoms with van der Waals surface area (Å²) in [5.41, 5.74) is 1.03. The van der Waals surface area contributed by atoms with Gasteiger partial charge in [-0.15, -0.1) is 0 Å². The van der Waals surface area contributed by atoms with Crippen molar-refractivity contribution in [3.8, 4) is 5.75 Å². The molecule has 1 heterocycles. The first-order valence-electron chi connectivity index (χ1n) is 5.57. The first-order valence-corrected chi connectivity index (χ1v) is 6.69. The molecule has 1 aromatic carbocycles. The second-order valence-corrected chi connectivity index (χ2v) is 4.23. The molecule has 0 aromatic heterocycles. The summed E-state index contributed by atoms with van der Waals surface area (Å²) in [4.78, 5) is 0. The Morgan fingerprint density at radius 1 is 1.18 bits per heavy atom. The van der Waals surface area contributed by atoms with E-state index in [1.54, 1.807) is 0 Å². The molecule has 0 amide bonds. The van der Waals surface area contributed by atoms with Gasteiger partial charge in [-0.3, -0.25) is 0 Å². The monoisotopic (exact) mass is 298 g/mol. The first-order chi connectivity index (χ1) is 8.40. The molecular weight excluding hydrogens is 284 g/mol. The van der Waals surface area contributed by atoms with E-state index in [-0.39, 0.29) is 6.29 Å². The predicted octanol–water partition coefficient (Wildman–Crippen LogP) is 3.06. The summed E-state index contributed by atoms with van der Waals surface area (Å²) in [7, 11) is 0. The van der Waals surface area contributed by atoms with E-state index >= 15 is 0 Å². The van der Waals surface area contributed by atoms with Crippen molar-refractivity contribution in [2.24, 2.45) is 0 Å². The zero-order valence-corrected chi connectivity index (χ0v) is 11.1. The molecule has 3 nitrogen and oxygen atoms in total. The van der Waals surface area contributed by atoms with Crippen LogP contribution in [0.3, 0.4) is 0 Å². The van der Waals surface area contributed by atoms with Crippen molar-refractivity contribution in [2.45, 2.75) is 6.29 Å². The first kappa shape index (κ1) is 12.6. The van der Waals surface area contributed by atoms with E-state index in [1.807, 2.05) is 36.4 Å². The Kier molecular flexibility index (Phi) is 5.04. The third-order valence-corrected chi connectivity index (χ3v) is 2.75. The summed E-state index contributed by atoms with van der Waals surface area (Å²) >= 11 is 3.31. The fourth-order valence-corrected chi connectivity index (χ4v) is 1.81. The molecule has 1 fully saturated rings. The molecule has 0 bridgehead atoms. The number of halogens is 1. The van der Waals surface area contributed by atoms with Gasteiger partial charge in [-0.25, -0.2) is 0 Å². The SMILES string of the molecule is BrC/C=C/COc1ccc(C2OCCO2)cc1. The van der Waals surface area contributed by atoms with Gasteiger partial charge in [0.25, 0.3) is 0 Å². The van der Waals surface area contributed by atoms with E-state index in [1.165, 1.54) is 0 Å². The third kappa shape index (κ3) is 3.84. The van der Waals surface area contributed by atoms with Crippen LogP contribution in [-0.2, 0) is 9.47 Å². The molecule has 0 unspecified atom stereocenters.